The summed E-state index contributed by atoms with van der Waals surface area (Å²) in [5, 5.41) is 17.7. The number of benzene rings is 2. The first kappa shape index (κ1) is 16.2. The molecule has 0 fully saturated rings. The molecular weight excluding hydrogens is 322 g/mol. The van der Waals surface area contributed by atoms with Crippen molar-refractivity contribution in [1.82, 2.24) is 0 Å². The number of thiocarbonyl (C=S) groups is 1. The maximum Gasteiger partial charge on any atom is 0.292 e. The van der Waals surface area contributed by atoms with Gasteiger partial charge in [0.1, 0.15) is 5.69 Å². The molecule has 7 heteroatoms. The van der Waals surface area contributed by atoms with Gasteiger partial charge in [-0.05, 0) is 55.4 Å². The maximum atomic E-state index is 11.1. The van der Waals surface area contributed by atoms with E-state index in [4.69, 9.17) is 23.8 Å². The van der Waals surface area contributed by atoms with E-state index in [9.17, 15) is 10.1 Å². The first-order chi connectivity index (χ1) is 10.4. The Kier molecular flexibility index (Phi) is 4.95. The van der Waals surface area contributed by atoms with Crippen LogP contribution in [0, 0.1) is 24.0 Å². The number of hydrogen-bond acceptors (Lipinski definition) is 3. The lowest BCUT2D eigenvalue weighted by Gasteiger charge is -2.12. The summed E-state index contributed by atoms with van der Waals surface area (Å²) in [7, 11) is 0. The van der Waals surface area contributed by atoms with E-state index in [1.807, 2.05) is 19.1 Å². The van der Waals surface area contributed by atoms with Crippen LogP contribution in [0.3, 0.4) is 0 Å². The standard InChI is InChI=1S/C15H14ClN3O2S/c1-9-3-6-13(14(7-9)19(20)21)18-15(22)17-11-5-4-10(2)12(16)8-11/h3-8H,1-2H3,(H2,17,18,22). The van der Waals surface area contributed by atoms with Crippen molar-refractivity contribution in [3.8, 4) is 0 Å². The van der Waals surface area contributed by atoms with Crippen LogP contribution in [0.4, 0.5) is 17.1 Å². The topological polar surface area (TPSA) is 67.2 Å². The summed E-state index contributed by atoms with van der Waals surface area (Å²) in [6, 6.07) is 10.3. The van der Waals surface area contributed by atoms with Crippen LogP contribution in [0.5, 0.6) is 0 Å². The number of aryl methyl sites for hydroxylation is 2. The number of nitro groups is 1. The zero-order chi connectivity index (χ0) is 16.3. The van der Waals surface area contributed by atoms with Crippen molar-refractivity contribution < 1.29 is 4.92 Å². The Bertz CT molecular complexity index is 750. The van der Waals surface area contributed by atoms with Crippen LogP contribution < -0.4 is 10.6 Å². The second-order valence-electron chi connectivity index (χ2n) is 4.82. The number of halogens is 1. The zero-order valence-corrected chi connectivity index (χ0v) is 13.6. The Morgan fingerprint density at radius 1 is 1.18 bits per heavy atom. The second kappa shape index (κ2) is 6.72. The van der Waals surface area contributed by atoms with Crippen molar-refractivity contribution in [2.24, 2.45) is 0 Å². The number of anilines is 2. The lowest BCUT2D eigenvalue weighted by Crippen LogP contribution is -2.19. The maximum absolute atomic E-state index is 11.1. The average molecular weight is 336 g/mol. The van der Waals surface area contributed by atoms with Gasteiger partial charge in [0.05, 0.1) is 4.92 Å². The molecule has 0 radical (unpaired) electrons. The highest BCUT2D eigenvalue weighted by molar-refractivity contribution is 7.80. The molecule has 5 nitrogen and oxygen atoms in total. The molecule has 0 saturated heterocycles. The van der Waals surface area contributed by atoms with Gasteiger partial charge in [-0.15, -0.1) is 0 Å². The van der Waals surface area contributed by atoms with Crippen LogP contribution in [0.1, 0.15) is 11.1 Å². The summed E-state index contributed by atoms with van der Waals surface area (Å²) < 4.78 is 0. The van der Waals surface area contributed by atoms with E-state index in [-0.39, 0.29) is 10.8 Å². The van der Waals surface area contributed by atoms with E-state index in [0.717, 1.165) is 11.1 Å². The van der Waals surface area contributed by atoms with Crippen molar-refractivity contribution >= 4 is 46.0 Å². The van der Waals surface area contributed by atoms with Crippen LogP contribution >= 0.6 is 23.8 Å². The van der Waals surface area contributed by atoms with E-state index in [2.05, 4.69) is 10.6 Å². The number of nitro benzene ring substituents is 1. The van der Waals surface area contributed by atoms with E-state index in [1.54, 1.807) is 25.1 Å². The highest BCUT2D eigenvalue weighted by Gasteiger charge is 2.14. The van der Waals surface area contributed by atoms with E-state index in [0.29, 0.717) is 16.4 Å². The molecule has 114 valence electrons. The SMILES string of the molecule is Cc1ccc(NC(=S)Nc2ccc(C)c(Cl)c2)c([N+](=O)[O-])c1. The van der Waals surface area contributed by atoms with E-state index >= 15 is 0 Å². The fourth-order valence-electron chi connectivity index (χ4n) is 1.85. The predicted molar refractivity (Wildman–Crippen MR) is 93.9 cm³/mol. The summed E-state index contributed by atoms with van der Waals surface area (Å²) in [4.78, 5) is 10.6. The van der Waals surface area contributed by atoms with Crippen molar-refractivity contribution in [3.63, 3.8) is 0 Å². The molecule has 0 aliphatic heterocycles. The van der Waals surface area contributed by atoms with Gasteiger partial charge in [0, 0.05) is 16.8 Å². The molecule has 0 aliphatic carbocycles. The first-order valence-electron chi connectivity index (χ1n) is 6.46. The van der Waals surface area contributed by atoms with Crippen LogP contribution in [0.25, 0.3) is 0 Å². The zero-order valence-electron chi connectivity index (χ0n) is 12.0. The van der Waals surface area contributed by atoms with Gasteiger partial charge in [0.25, 0.3) is 5.69 Å². The molecule has 0 amide bonds. The van der Waals surface area contributed by atoms with Crippen molar-refractivity contribution in [2.45, 2.75) is 13.8 Å². The molecule has 22 heavy (non-hydrogen) atoms. The second-order valence-corrected chi connectivity index (χ2v) is 5.64. The van der Waals surface area contributed by atoms with Gasteiger partial charge in [0.15, 0.2) is 5.11 Å². The van der Waals surface area contributed by atoms with Crippen LogP contribution in [0.15, 0.2) is 36.4 Å². The van der Waals surface area contributed by atoms with Gasteiger partial charge >= 0.3 is 0 Å². The molecule has 2 aromatic carbocycles. The Labute approximate surface area is 138 Å². The Hall–Kier alpha value is -2.18. The third-order valence-electron chi connectivity index (χ3n) is 3.03. The van der Waals surface area contributed by atoms with Crippen molar-refractivity contribution in [2.75, 3.05) is 10.6 Å². The average Bonchev–Trinajstić information content (AvgIpc) is 2.44. The highest BCUT2D eigenvalue weighted by Crippen LogP contribution is 2.26. The molecular formula is C15H14ClN3O2S. The summed E-state index contributed by atoms with van der Waals surface area (Å²) in [6.07, 6.45) is 0. The smallest absolute Gasteiger partial charge is 0.292 e. The Morgan fingerprint density at radius 2 is 1.91 bits per heavy atom. The minimum absolute atomic E-state index is 0.0221. The third kappa shape index (κ3) is 3.93. The summed E-state index contributed by atoms with van der Waals surface area (Å²) >= 11 is 11.2. The summed E-state index contributed by atoms with van der Waals surface area (Å²) in [5.41, 5.74) is 2.79. The van der Waals surface area contributed by atoms with Gasteiger partial charge < -0.3 is 10.6 Å². The quantitative estimate of drug-likeness (QED) is 0.484. The largest absolute Gasteiger partial charge is 0.332 e. The minimum Gasteiger partial charge on any atom is -0.332 e. The number of rotatable bonds is 3. The number of hydrogen-bond donors (Lipinski definition) is 2. The molecule has 0 bridgehead atoms. The van der Waals surface area contributed by atoms with Crippen LogP contribution in [0.2, 0.25) is 5.02 Å². The van der Waals surface area contributed by atoms with Gasteiger partial charge in [-0.3, -0.25) is 10.1 Å². The molecule has 0 spiro atoms. The molecule has 0 unspecified atom stereocenters. The molecule has 0 atom stereocenters. The molecule has 0 saturated carbocycles. The van der Waals surface area contributed by atoms with Gasteiger partial charge in [-0.25, -0.2) is 0 Å². The van der Waals surface area contributed by atoms with Crippen molar-refractivity contribution in [3.05, 3.63) is 62.7 Å². The predicted octanol–water partition coefficient (Wildman–Crippen LogP) is 4.67. The number of nitrogens with one attached hydrogen (secondary N) is 2. The molecule has 2 N–H and O–H groups in total. The Morgan fingerprint density at radius 3 is 2.55 bits per heavy atom. The summed E-state index contributed by atoms with van der Waals surface area (Å²) in [6.45, 7) is 3.69. The van der Waals surface area contributed by atoms with Crippen LogP contribution in [-0.4, -0.2) is 10.0 Å². The lowest BCUT2D eigenvalue weighted by atomic mass is 10.2. The highest BCUT2D eigenvalue weighted by atomic mass is 35.5. The summed E-state index contributed by atoms with van der Waals surface area (Å²) in [5.74, 6) is 0. The molecule has 0 aromatic heterocycles. The molecule has 2 rings (SSSR count). The number of nitrogens with zero attached hydrogens (tertiary/aromatic N) is 1. The van der Waals surface area contributed by atoms with Crippen molar-refractivity contribution in [1.29, 1.82) is 0 Å². The Balaban J connectivity index is 2.15. The van der Waals surface area contributed by atoms with E-state index < -0.39 is 4.92 Å². The molecule has 2 aromatic rings. The first-order valence-corrected chi connectivity index (χ1v) is 7.24. The normalized spacial score (nSPS) is 10.1. The minimum atomic E-state index is -0.444. The molecule has 0 aliphatic rings. The lowest BCUT2D eigenvalue weighted by molar-refractivity contribution is -0.383. The van der Waals surface area contributed by atoms with E-state index in [1.165, 1.54) is 6.07 Å². The fourth-order valence-corrected chi connectivity index (χ4v) is 2.26. The third-order valence-corrected chi connectivity index (χ3v) is 3.64. The monoisotopic (exact) mass is 335 g/mol. The fraction of sp³-hybridized carbons (Fsp3) is 0.133. The molecule has 0 heterocycles. The van der Waals surface area contributed by atoms with Crippen LogP contribution in [-0.2, 0) is 0 Å². The van der Waals surface area contributed by atoms with Gasteiger partial charge in [-0.1, -0.05) is 23.7 Å². The van der Waals surface area contributed by atoms with Gasteiger partial charge in [0.2, 0.25) is 0 Å². The van der Waals surface area contributed by atoms with Gasteiger partial charge in [-0.2, -0.15) is 0 Å².